The number of fused-ring (bicyclic) bond motifs is 1. The number of phenols is 1. The number of thioether (sulfide) groups is 1. The normalized spacial score (nSPS) is 15.9. The van der Waals surface area contributed by atoms with Gasteiger partial charge in [-0.3, -0.25) is 15.1 Å². The van der Waals surface area contributed by atoms with Crippen molar-refractivity contribution in [3.05, 3.63) is 85.4 Å². The number of phenolic OH excluding ortho intramolecular Hbond substituents is 1. The molecule has 4 rings (SSSR count). The van der Waals surface area contributed by atoms with Gasteiger partial charge in [0, 0.05) is 28.7 Å². The van der Waals surface area contributed by atoms with Crippen molar-refractivity contribution in [2.45, 2.75) is 29.7 Å². The van der Waals surface area contributed by atoms with Crippen LogP contribution in [0.1, 0.15) is 34.1 Å². The molecule has 12 heteroatoms. The quantitative estimate of drug-likeness (QED) is 0.358. The topological polar surface area (TPSA) is 126 Å². The van der Waals surface area contributed by atoms with Gasteiger partial charge in [0.1, 0.15) is 17.1 Å². The first kappa shape index (κ1) is 23.4. The molecule has 0 saturated heterocycles. The van der Waals surface area contributed by atoms with Crippen LogP contribution in [0.5, 0.6) is 11.5 Å². The Bertz CT molecular complexity index is 1400. The van der Waals surface area contributed by atoms with Crippen LogP contribution < -0.4 is 5.63 Å². The van der Waals surface area contributed by atoms with Gasteiger partial charge >= 0.3 is 17.5 Å². The highest BCUT2D eigenvalue weighted by molar-refractivity contribution is 7.99. The predicted octanol–water partition coefficient (Wildman–Crippen LogP) is 5.64. The van der Waals surface area contributed by atoms with Crippen molar-refractivity contribution in [3.8, 4) is 11.5 Å². The highest BCUT2D eigenvalue weighted by atomic mass is 32.2. The highest BCUT2D eigenvalue weighted by Gasteiger charge is 2.33. The van der Waals surface area contributed by atoms with Crippen LogP contribution in [0.4, 0.5) is 24.5 Å². The van der Waals surface area contributed by atoms with Crippen molar-refractivity contribution in [3.63, 3.8) is 0 Å². The average Bonchev–Trinajstić information content (AvgIpc) is 2.91. The molecule has 2 aromatic carbocycles. The summed E-state index contributed by atoms with van der Waals surface area (Å²) in [5, 5.41) is 30.8. The lowest BCUT2D eigenvalue weighted by Crippen LogP contribution is -2.17. The number of nitro groups is 1. The molecule has 0 spiro atoms. The molecule has 1 aromatic heterocycles. The van der Waals surface area contributed by atoms with Crippen molar-refractivity contribution in [2.75, 3.05) is 0 Å². The van der Waals surface area contributed by atoms with E-state index in [1.165, 1.54) is 25.1 Å². The van der Waals surface area contributed by atoms with Gasteiger partial charge in [-0.1, -0.05) is 6.07 Å². The van der Waals surface area contributed by atoms with E-state index in [0.717, 1.165) is 36.0 Å². The molecule has 1 atom stereocenters. The smallest absolute Gasteiger partial charge is 0.416 e. The summed E-state index contributed by atoms with van der Waals surface area (Å²) in [5.41, 5.74) is -2.49. The SMILES string of the molecule is Cc1cc(O)c(C2=Nc3cc(C(F)(F)F)ccc3SC(c3ccc(O)c([N+](=O)[O-])c3)C2)c(=O)o1. The second kappa shape index (κ2) is 8.52. The number of aromatic hydroxyl groups is 2. The predicted molar refractivity (Wildman–Crippen MR) is 117 cm³/mol. The third-order valence-corrected chi connectivity index (χ3v) is 6.42. The van der Waals surface area contributed by atoms with E-state index in [1.54, 1.807) is 0 Å². The lowest BCUT2D eigenvalue weighted by atomic mass is 10.0. The Kier molecular flexibility index (Phi) is 5.86. The van der Waals surface area contributed by atoms with Crippen molar-refractivity contribution in [1.82, 2.24) is 0 Å². The zero-order valence-electron chi connectivity index (χ0n) is 17.3. The highest BCUT2D eigenvalue weighted by Crippen LogP contribution is 2.48. The number of hydrogen-bond acceptors (Lipinski definition) is 8. The third kappa shape index (κ3) is 4.49. The summed E-state index contributed by atoms with van der Waals surface area (Å²) in [6.07, 6.45) is -4.71. The van der Waals surface area contributed by atoms with Gasteiger partial charge in [0.05, 0.1) is 21.9 Å². The number of rotatable bonds is 3. The van der Waals surface area contributed by atoms with Crippen LogP contribution in [0.3, 0.4) is 0 Å². The van der Waals surface area contributed by atoms with E-state index in [0.29, 0.717) is 10.5 Å². The van der Waals surface area contributed by atoms with Crippen molar-refractivity contribution in [1.29, 1.82) is 0 Å². The summed E-state index contributed by atoms with van der Waals surface area (Å²) in [6.45, 7) is 1.44. The Morgan fingerprint density at radius 3 is 2.53 bits per heavy atom. The number of hydrogen-bond donors (Lipinski definition) is 2. The van der Waals surface area contributed by atoms with Crippen LogP contribution in [-0.2, 0) is 6.18 Å². The molecule has 0 amide bonds. The van der Waals surface area contributed by atoms with Crippen molar-refractivity contribution in [2.24, 2.45) is 4.99 Å². The molecule has 176 valence electrons. The Morgan fingerprint density at radius 1 is 1.15 bits per heavy atom. The summed E-state index contributed by atoms with van der Waals surface area (Å²) in [5.74, 6) is -0.878. The largest absolute Gasteiger partial charge is 0.507 e. The van der Waals surface area contributed by atoms with E-state index in [9.17, 15) is 38.3 Å². The fourth-order valence-corrected chi connectivity index (χ4v) is 4.74. The number of aryl methyl sites for hydroxylation is 1. The van der Waals surface area contributed by atoms with E-state index in [1.807, 2.05) is 0 Å². The standard InChI is InChI=1S/C22H15F3N2O6S/c1-10-6-17(29)20(21(30)33-10)14-9-19(11-2-4-16(28)15(7-11)27(31)32)34-18-5-3-12(22(23,24)25)8-13(18)26-14/h2-8,19,28-29H,9H2,1H3. The molecule has 0 aliphatic carbocycles. The maximum atomic E-state index is 13.3. The van der Waals surface area contributed by atoms with E-state index < -0.39 is 44.7 Å². The maximum absolute atomic E-state index is 13.3. The Labute approximate surface area is 193 Å². The minimum atomic E-state index is -4.64. The molecule has 1 aliphatic rings. The number of alkyl halides is 3. The molecule has 0 saturated carbocycles. The van der Waals surface area contributed by atoms with Crippen LogP contribution in [0.2, 0.25) is 0 Å². The summed E-state index contributed by atoms with van der Waals surface area (Å²) in [6, 6.07) is 7.86. The van der Waals surface area contributed by atoms with Crippen molar-refractivity contribution < 1.29 is 32.7 Å². The van der Waals surface area contributed by atoms with Crippen LogP contribution in [-0.4, -0.2) is 20.8 Å². The molecule has 8 nitrogen and oxygen atoms in total. The second-order valence-corrected chi connectivity index (χ2v) is 8.70. The molecule has 1 aliphatic heterocycles. The average molecular weight is 492 g/mol. The maximum Gasteiger partial charge on any atom is 0.416 e. The Balaban J connectivity index is 1.92. The summed E-state index contributed by atoms with van der Waals surface area (Å²) in [4.78, 5) is 27.7. The summed E-state index contributed by atoms with van der Waals surface area (Å²) < 4.78 is 45.0. The number of nitrogens with zero attached hydrogens (tertiary/aromatic N) is 2. The molecular formula is C22H15F3N2O6S. The third-order valence-electron chi connectivity index (χ3n) is 5.10. The molecule has 2 heterocycles. The lowest BCUT2D eigenvalue weighted by molar-refractivity contribution is -0.385. The van der Waals surface area contributed by atoms with Crippen molar-refractivity contribution >= 4 is 28.8 Å². The second-order valence-electron chi connectivity index (χ2n) is 7.46. The van der Waals surface area contributed by atoms with Gasteiger partial charge in [0.25, 0.3) is 0 Å². The Hall–Kier alpha value is -3.80. The first-order valence-corrected chi connectivity index (χ1v) is 10.6. The Morgan fingerprint density at radius 2 is 1.88 bits per heavy atom. The number of halogens is 3. The molecule has 2 N–H and O–H groups in total. The van der Waals surface area contributed by atoms with E-state index >= 15 is 0 Å². The van der Waals surface area contributed by atoms with Crippen LogP contribution >= 0.6 is 11.8 Å². The summed E-state index contributed by atoms with van der Waals surface area (Å²) >= 11 is 1.09. The van der Waals surface area contributed by atoms with Gasteiger partial charge in [-0.15, -0.1) is 11.8 Å². The monoisotopic (exact) mass is 492 g/mol. The first-order chi connectivity index (χ1) is 15.9. The lowest BCUT2D eigenvalue weighted by Gasteiger charge is -2.16. The van der Waals surface area contributed by atoms with Gasteiger partial charge in [-0.05, 0) is 36.8 Å². The molecule has 0 radical (unpaired) electrons. The van der Waals surface area contributed by atoms with Crippen LogP contribution in [0.25, 0.3) is 0 Å². The van der Waals surface area contributed by atoms with Gasteiger partial charge in [0.2, 0.25) is 0 Å². The number of aliphatic imine (C=N–C) groups is 1. The van der Waals surface area contributed by atoms with Gasteiger partial charge in [-0.2, -0.15) is 13.2 Å². The summed E-state index contributed by atoms with van der Waals surface area (Å²) in [7, 11) is 0. The van der Waals surface area contributed by atoms with Crippen LogP contribution in [0, 0.1) is 17.0 Å². The zero-order valence-corrected chi connectivity index (χ0v) is 18.1. The molecule has 0 bridgehead atoms. The molecule has 3 aromatic rings. The van der Waals surface area contributed by atoms with E-state index in [2.05, 4.69) is 4.99 Å². The minimum absolute atomic E-state index is 0.0439. The fourth-order valence-electron chi connectivity index (χ4n) is 3.53. The van der Waals surface area contributed by atoms with E-state index in [-0.39, 0.29) is 29.1 Å². The molecular weight excluding hydrogens is 477 g/mol. The molecule has 0 fully saturated rings. The molecule has 1 unspecified atom stereocenters. The fraction of sp³-hybridized carbons (Fsp3) is 0.182. The first-order valence-electron chi connectivity index (χ1n) is 9.71. The minimum Gasteiger partial charge on any atom is -0.507 e. The number of benzene rings is 2. The zero-order chi connectivity index (χ0) is 24.8. The molecule has 34 heavy (non-hydrogen) atoms. The van der Waals surface area contributed by atoms with Gasteiger partial charge < -0.3 is 14.6 Å². The van der Waals surface area contributed by atoms with Gasteiger partial charge in [0.15, 0.2) is 5.75 Å². The van der Waals surface area contributed by atoms with Crippen LogP contribution in [0.15, 0.2) is 61.6 Å². The van der Waals surface area contributed by atoms with E-state index in [4.69, 9.17) is 4.42 Å². The van der Waals surface area contributed by atoms with Gasteiger partial charge in [-0.25, -0.2) is 4.79 Å². The number of nitro benzene ring substituents is 1.